The second-order valence-electron chi connectivity index (χ2n) is 10.5. The van der Waals surface area contributed by atoms with E-state index in [1.807, 2.05) is 6.92 Å². The Hall–Kier alpha value is -2.26. The van der Waals surface area contributed by atoms with Gasteiger partial charge >= 0.3 is 29.6 Å². The molecular weight excluding hydrogens is 532 g/mol. The largest absolute Gasteiger partial charge is 1.00 e. The molecule has 1 spiro atoms. The van der Waals surface area contributed by atoms with Crippen molar-refractivity contribution in [2.45, 2.75) is 64.6 Å². The van der Waals surface area contributed by atoms with Crippen LogP contribution >= 0.6 is 11.6 Å². The molecule has 2 aliphatic rings. The van der Waals surface area contributed by atoms with Crippen LogP contribution in [0.4, 0.5) is 4.39 Å². The first kappa shape index (κ1) is 31.3. The van der Waals surface area contributed by atoms with Gasteiger partial charge in [-0.2, -0.15) is 0 Å². The Morgan fingerprint density at radius 2 is 1.79 bits per heavy atom. The summed E-state index contributed by atoms with van der Waals surface area (Å²) in [6, 6.07) is 10.6. The Kier molecular flexibility index (Phi) is 10.4. The molecule has 2 aromatic rings. The van der Waals surface area contributed by atoms with E-state index in [1.165, 1.54) is 18.2 Å². The fourth-order valence-corrected chi connectivity index (χ4v) is 5.74. The molecule has 1 heterocycles. The Morgan fingerprint density at radius 3 is 2.38 bits per heavy atom. The third-order valence-corrected chi connectivity index (χ3v) is 8.04. The van der Waals surface area contributed by atoms with Gasteiger partial charge in [0.1, 0.15) is 17.2 Å². The molecule has 0 unspecified atom stereocenters. The molecule has 39 heavy (non-hydrogen) atoms. The number of carboxylic acids is 1. The molecule has 1 atom stereocenters. The van der Waals surface area contributed by atoms with Crippen LogP contribution in [0.15, 0.2) is 47.5 Å². The first-order valence-electron chi connectivity index (χ1n) is 13.0. The second-order valence-corrected chi connectivity index (χ2v) is 10.9. The molecule has 0 aromatic heterocycles. The first-order valence-corrected chi connectivity index (χ1v) is 13.4. The minimum Gasteiger partial charge on any atom is -0.550 e. The zero-order chi connectivity index (χ0) is 27.6. The average molecular weight is 564 g/mol. The Labute approximate surface area is 255 Å². The number of nitrogens with zero attached hydrogens (tertiary/aromatic N) is 2. The number of carbonyl (C=O) groups is 3. The van der Waals surface area contributed by atoms with Crippen molar-refractivity contribution in [1.29, 1.82) is 0 Å². The Bertz CT molecular complexity index is 1260. The van der Waals surface area contributed by atoms with E-state index in [-0.39, 0.29) is 59.7 Å². The zero-order valence-corrected chi connectivity index (χ0v) is 25.6. The van der Waals surface area contributed by atoms with E-state index in [2.05, 4.69) is 19.2 Å². The minimum absolute atomic E-state index is 0. The van der Waals surface area contributed by atoms with Crippen molar-refractivity contribution in [1.82, 2.24) is 10.2 Å². The van der Waals surface area contributed by atoms with E-state index in [0.29, 0.717) is 35.3 Å². The van der Waals surface area contributed by atoms with E-state index in [4.69, 9.17) is 16.6 Å². The summed E-state index contributed by atoms with van der Waals surface area (Å²) in [7, 11) is 0. The van der Waals surface area contributed by atoms with Gasteiger partial charge in [-0.15, -0.1) is 0 Å². The van der Waals surface area contributed by atoms with Gasteiger partial charge in [0, 0.05) is 35.1 Å². The zero-order valence-electron chi connectivity index (χ0n) is 22.8. The van der Waals surface area contributed by atoms with Gasteiger partial charge < -0.3 is 20.1 Å². The summed E-state index contributed by atoms with van der Waals surface area (Å²) in [5, 5.41) is 13.5. The smallest absolute Gasteiger partial charge is 0.550 e. The molecule has 2 aromatic carbocycles. The van der Waals surface area contributed by atoms with E-state index in [0.717, 1.165) is 18.4 Å². The summed E-state index contributed by atoms with van der Waals surface area (Å²) >= 11 is 6.15. The maximum atomic E-state index is 14.8. The number of carbonyl (C=O) groups excluding carboxylic acids is 3. The maximum absolute atomic E-state index is 14.8. The number of aliphatic carboxylic acids is 1. The van der Waals surface area contributed by atoms with Gasteiger partial charge in [0.05, 0.1) is 6.04 Å². The van der Waals surface area contributed by atoms with Crippen LogP contribution in [-0.4, -0.2) is 40.6 Å². The van der Waals surface area contributed by atoms with E-state index >= 15 is 0 Å². The molecule has 0 saturated heterocycles. The summed E-state index contributed by atoms with van der Waals surface area (Å²) in [4.78, 5) is 43.5. The molecule has 0 bridgehead atoms. The Morgan fingerprint density at radius 1 is 1.15 bits per heavy atom. The van der Waals surface area contributed by atoms with E-state index in [9.17, 15) is 23.9 Å². The molecule has 2 amide bonds. The van der Waals surface area contributed by atoms with Crippen LogP contribution in [0.1, 0.15) is 80.4 Å². The van der Waals surface area contributed by atoms with Crippen LogP contribution in [0.25, 0.3) is 0 Å². The van der Waals surface area contributed by atoms with Crippen LogP contribution in [-0.2, 0) is 9.59 Å². The number of hydrogen-bond donors (Lipinski definition) is 1. The number of rotatable bonds is 8. The van der Waals surface area contributed by atoms with Crippen molar-refractivity contribution in [3.8, 4) is 0 Å². The summed E-state index contributed by atoms with van der Waals surface area (Å²) in [6.07, 6.45) is 2.90. The molecule has 1 N–H and O–H groups in total. The summed E-state index contributed by atoms with van der Waals surface area (Å²) in [5.74, 6) is -1.46. The van der Waals surface area contributed by atoms with Gasteiger partial charge in [-0.05, 0) is 80.3 Å². The van der Waals surface area contributed by atoms with E-state index < -0.39 is 29.4 Å². The molecular formula is C29H32ClFN3NaO4. The quantitative estimate of drug-likeness (QED) is 0.489. The molecule has 1 aliphatic carbocycles. The summed E-state index contributed by atoms with van der Waals surface area (Å²) in [6.45, 7) is 6.29. The van der Waals surface area contributed by atoms with Gasteiger partial charge in [-0.3, -0.25) is 14.6 Å². The molecule has 10 heteroatoms. The molecule has 4 rings (SSSR count). The van der Waals surface area contributed by atoms with Gasteiger partial charge in [-0.1, -0.05) is 37.6 Å². The third kappa shape index (κ3) is 6.73. The van der Waals surface area contributed by atoms with Crippen LogP contribution in [0.5, 0.6) is 0 Å². The predicted molar refractivity (Wildman–Crippen MR) is 141 cm³/mol. The first-order chi connectivity index (χ1) is 18.0. The number of carboxylic acid groups (broad SMARTS) is 1. The average Bonchev–Trinajstić information content (AvgIpc) is 3.16. The van der Waals surface area contributed by atoms with Crippen molar-refractivity contribution < 1.29 is 53.4 Å². The number of nitrogens with one attached hydrogen (secondary N) is 1. The fourth-order valence-electron chi connectivity index (χ4n) is 5.57. The van der Waals surface area contributed by atoms with Crippen LogP contribution in [0.3, 0.4) is 0 Å². The van der Waals surface area contributed by atoms with Crippen LogP contribution < -0.4 is 40.0 Å². The molecule has 1 saturated carbocycles. The molecule has 7 nitrogen and oxygen atoms in total. The fraction of sp³-hybridized carbons (Fsp3) is 0.448. The standard InChI is InChI=1S/C29H33ClFN3O4.Na/c1-17(2)19-10-13-29(14-11-19)33-26(23-16-22(30)8-9-24(23)31)28(38)34(29)18(3)20-4-6-21(7-5-20)27(37)32-15-12-25(35)36;/h4-9,16-19H,10-15H2,1-3H3,(H,32,37)(H,35,36);/q;+1/p-1/t18-,19?,29?;/m1./s1. The van der Waals surface area contributed by atoms with Crippen molar-refractivity contribution in [3.63, 3.8) is 0 Å². The summed E-state index contributed by atoms with van der Waals surface area (Å²) in [5.41, 5.74) is 0.581. The van der Waals surface area contributed by atoms with Gasteiger partial charge in [0.25, 0.3) is 11.8 Å². The normalized spacial score (nSPS) is 21.5. The van der Waals surface area contributed by atoms with Crippen LogP contribution in [0, 0.1) is 17.7 Å². The van der Waals surface area contributed by atoms with Crippen molar-refractivity contribution >= 4 is 35.1 Å². The maximum Gasteiger partial charge on any atom is 1.00 e. The summed E-state index contributed by atoms with van der Waals surface area (Å²) < 4.78 is 14.8. The van der Waals surface area contributed by atoms with Gasteiger partial charge in [0.2, 0.25) is 0 Å². The van der Waals surface area contributed by atoms with Crippen molar-refractivity contribution in [3.05, 3.63) is 70.0 Å². The second kappa shape index (κ2) is 12.9. The Balaban J connectivity index is 0.00000420. The van der Waals surface area contributed by atoms with Gasteiger partial charge in [-0.25, -0.2) is 4.39 Å². The SMILES string of the molecule is CC(C)C1CCC2(CC1)N=C(c1cc(Cl)ccc1F)C(=O)N2[C@H](C)c1ccc(C(=O)NCCC(=O)[O-])cc1.[Na+]. The molecule has 1 fully saturated rings. The van der Waals surface area contributed by atoms with Gasteiger partial charge in [0.15, 0.2) is 0 Å². The minimum atomic E-state index is -1.24. The number of aliphatic imine (C=N–C) groups is 1. The molecule has 1 aliphatic heterocycles. The van der Waals surface area contributed by atoms with E-state index in [1.54, 1.807) is 29.2 Å². The van der Waals surface area contributed by atoms with Crippen LogP contribution in [0.2, 0.25) is 5.02 Å². The number of halogens is 2. The number of hydrogen-bond acceptors (Lipinski definition) is 5. The predicted octanol–water partition coefficient (Wildman–Crippen LogP) is 1.29. The third-order valence-electron chi connectivity index (χ3n) is 7.80. The molecule has 0 radical (unpaired) electrons. The van der Waals surface area contributed by atoms with Crippen molar-refractivity contribution in [2.24, 2.45) is 16.8 Å². The monoisotopic (exact) mass is 563 g/mol. The number of amides is 2. The van der Waals surface area contributed by atoms with Crippen molar-refractivity contribution in [2.75, 3.05) is 6.54 Å². The topological polar surface area (TPSA) is 102 Å². The number of benzene rings is 2. The molecule has 202 valence electrons.